The van der Waals surface area contributed by atoms with Gasteiger partial charge in [-0.1, -0.05) is 35.9 Å². The molecule has 1 aliphatic rings. The van der Waals surface area contributed by atoms with E-state index in [-0.39, 0.29) is 16.1 Å². The number of rotatable bonds is 4. The molecule has 0 unspecified atom stereocenters. The van der Waals surface area contributed by atoms with Gasteiger partial charge in [0.15, 0.2) is 0 Å². The first-order valence-electron chi connectivity index (χ1n) is 10.4. The topological polar surface area (TPSA) is 75.7 Å². The molecule has 1 aliphatic heterocycles. The van der Waals surface area contributed by atoms with E-state index >= 15 is 0 Å². The van der Waals surface area contributed by atoms with Crippen LogP contribution in [0.4, 0.5) is 5.69 Å². The summed E-state index contributed by atoms with van der Waals surface area (Å²) in [5.74, 6) is 0. The molecule has 1 saturated heterocycles. The number of fused-ring (bicyclic) bond motifs is 1. The van der Waals surface area contributed by atoms with Crippen LogP contribution >= 0.6 is 11.6 Å². The molecular formula is C23H21ClN6O2. The third-order valence-corrected chi connectivity index (χ3v) is 5.98. The average molecular weight is 449 g/mol. The number of anilines is 1. The Labute approximate surface area is 188 Å². The van der Waals surface area contributed by atoms with E-state index in [2.05, 4.69) is 19.9 Å². The number of para-hydroxylation sites is 1. The van der Waals surface area contributed by atoms with Crippen molar-refractivity contribution in [2.45, 2.75) is 6.54 Å². The summed E-state index contributed by atoms with van der Waals surface area (Å²) in [6.07, 6.45) is 3.37. The van der Waals surface area contributed by atoms with Gasteiger partial charge in [-0.05, 0) is 24.3 Å². The number of pyridine rings is 1. The average Bonchev–Trinajstić information content (AvgIpc) is 2.82. The molecule has 0 saturated carbocycles. The molecule has 0 aliphatic carbocycles. The Hall–Kier alpha value is -3.49. The van der Waals surface area contributed by atoms with E-state index < -0.39 is 0 Å². The lowest BCUT2D eigenvalue weighted by molar-refractivity contribution is 0.247. The van der Waals surface area contributed by atoms with E-state index in [9.17, 15) is 9.59 Å². The van der Waals surface area contributed by atoms with Gasteiger partial charge in [0, 0.05) is 45.0 Å². The Balaban J connectivity index is 1.29. The molecule has 9 heteroatoms. The van der Waals surface area contributed by atoms with Gasteiger partial charge in [0.1, 0.15) is 10.7 Å². The summed E-state index contributed by atoms with van der Waals surface area (Å²) in [4.78, 5) is 34.0. The number of halogens is 1. The van der Waals surface area contributed by atoms with Crippen molar-refractivity contribution in [3.05, 3.63) is 98.4 Å². The van der Waals surface area contributed by atoms with E-state index in [1.807, 2.05) is 48.5 Å². The second kappa shape index (κ2) is 8.57. The Morgan fingerprint density at radius 3 is 2.47 bits per heavy atom. The molecule has 0 bridgehead atoms. The standard InChI is InChI=1S/C23H21ClN6O2/c24-22-19(15-25-30(23(22)32)18-6-2-1-3-7-18)28-12-10-27(11-13-28)16-17-14-21(31)29-9-5-4-8-20(29)26-17/h1-9,14-15H,10-13,16H2. The van der Waals surface area contributed by atoms with Crippen molar-refractivity contribution in [1.82, 2.24) is 24.1 Å². The smallest absolute Gasteiger partial charge is 0.292 e. The molecule has 0 amide bonds. The van der Waals surface area contributed by atoms with E-state index in [0.29, 0.717) is 36.7 Å². The number of hydrogen-bond donors (Lipinski definition) is 0. The van der Waals surface area contributed by atoms with Crippen molar-refractivity contribution >= 4 is 22.9 Å². The first kappa shape index (κ1) is 20.4. The van der Waals surface area contributed by atoms with Crippen LogP contribution in [0.3, 0.4) is 0 Å². The fourth-order valence-corrected chi connectivity index (χ4v) is 4.21. The first-order valence-corrected chi connectivity index (χ1v) is 10.8. The zero-order chi connectivity index (χ0) is 22.1. The van der Waals surface area contributed by atoms with Crippen molar-refractivity contribution in [2.24, 2.45) is 0 Å². The van der Waals surface area contributed by atoms with Crippen molar-refractivity contribution in [1.29, 1.82) is 0 Å². The molecule has 3 aromatic heterocycles. The molecular weight excluding hydrogens is 428 g/mol. The van der Waals surface area contributed by atoms with Crippen molar-refractivity contribution in [2.75, 3.05) is 31.1 Å². The highest BCUT2D eigenvalue weighted by Gasteiger charge is 2.22. The second-order valence-corrected chi connectivity index (χ2v) is 8.05. The van der Waals surface area contributed by atoms with Crippen molar-refractivity contribution < 1.29 is 0 Å². The van der Waals surface area contributed by atoms with Crippen LogP contribution in [0.2, 0.25) is 5.02 Å². The van der Waals surface area contributed by atoms with Crippen molar-refractivity contribution in [3.8, 4) is 5.69 Å². The van der Waals surface area contributed by atoms with Crippen LogP contribution in [-0.4, -0.2) is 50.2 Å². The Bertz CT molecular complexity index is 1380. The zero-order valence-electron chi connectivity index (χ0n) is 17.3. The molecule has 0 radical (unpaired) electrons. The Morgan fingerprint density at radius 1 is 0.938 bits per heavy atom. The number of piperazine rings is 1. The number of nitrogens with zero attached hydrogens (tertiary/aromatic N) is 6. The lowest BCUT2D eigenvalue weighted by atomic mass is 10.2. The highest BCUT2D eigenvalue weighted by molar-refractivity contribution is 6.33. The molecule has 0 spiro atoms. The normalized spacial score (nSPS) is 14.7. The highest BCUT2D eigenvalue weighted by atomic mass is 35.5. The third kappa shape index (κ3) is 3.90. The maximum absolute atomic E-state index is 12.8. The molecule has 4 heterocycles. The van der Waals surface area contributed by atoms with Gasteiger partial charge >= 0.3 is 0 Å². The summed E-state index contributed by atoms with van der Waals surface area (Å²) in [5.41, 5.74) is 2.30. The predicted molar refractivity (Wildman–Crippen MR) is 124 cm³/mol. The summed E-state index contributed by atoms with van der Waals surface area (Å²) in [7, 11) is 0. The van der Waals surface area contributed by atoms with Gasteiger partial charge in [-0.2, -0.15) is 9.78 Å². The van der Waals surface area contributed by atoms with Gasteiger partial charge < -0.3 is 4.90 Å². The largest absolute Gasteiger partial charge is 0.366 e. The number of aromatic nitrogens is 4. The molecule has 0 N–H and O–H groups in total. The molecule has 162 valence electrons. The fraction of sp³-hybridized carbons (Fsp3) is 0.217. The van der Waals surface area contributed by atoms with Crippen LogP contribution in [-0.2, 0) is 6.54 Å². The molecule has 8 nitrogen and oxygen atoms in total. The summed E-state index contributed by atoms with van der Waals surface area (Å²) in [6, 6.07) is 16.3. The van der Waals surface area contributed by atoms with Crippen LogP contribution in [0.1, 0.15) is 5.69 Å². The van der Waals surface area contributed by atoms with Crippen LogP contribution in [0.5, 0.6) is 0 Å². The van der Waals surface area contributed by atoms with Crippen LogP contribution in [0.25, 0.3) is 11.3 Å². The molecule has 4 aromatic rings. The Morgan fingerprint density at radius 2 is 1.69 bits per heavy atom. The molecule has 1 fully saturated rings. The minimum atomic E-state index is -0.335. The lowest BCUT2D eigenvalue weighted by Gasteiger charge is -2.36. The first-order chi connectivity index (χ1) is 15.6. The maximum Gasteiger partial charge on any atom is 0.292 e. The maximum atomic E-state index is 12.8. The minimum absolute atomic E-state index is 0.0823. The van der Waals surface area contributed by atoms with Crippen LogP contribution in [0.15, 0.2) is 76.6 Å². The summed E-state index contributed by atoms with van der Waals surface area (Å²) < 4.78 is 2.85. The summed E-state index contributed by atoms with van der Waals surface area (Å²) in [6.45, 7) is 3.50. The van der Waals surface area contributed by atoms with Gasteiger partial charge in [0.2, 0.25) is 0 Å². The van der Waals surface area contributed by atoms with Gasteiger partial charge in [-0.25, -0.2) is 4.98 Å². The van der Waals surface area contributed by atoms with Gasteiger partial charge in [0.25, 0.3) is 11.1 Å². The predicted octanol–water partition coefficient (Wildman–Crippen LogP) is 2.22. The van der Waals surface area contributed by atoms with E-state index in [1.165, 1.54) is 9.08 Å². The Kier molecular flexibility index (Phi) is 5.46. The quantitative estimate of drug-likeness (QED) is 0.476. The number of benzene rings is 1. The second-order valence-electron chi connectivity index (χ2n) is 7.67. The van der Waals surface area contributed by atoms with Crippen LogP contribution < -0.4 is 16.0 Å². The van der Waals surface area contributed by atoms with E-state index in [4.69, 9.17) is 11.6 Å². The highest BCUT2D eigenvalue weighted by Crippen LogP contribution is 2.23. The summed E-state index contributed by atoms with van der Waals surface area (Å²) >= 11 is 6.45. The van der Waals surface area contributed by atoms with E-state index in [1.54, 1.807) is 18.5 Å². The van der Waals surface area contributed by atoms with E-state index in [0.717, 1.165) is 18.8 Å². The molecule has 0 atom stereocenters. The van der Waals surface area contributed by atoms with Crippen LogP contribution in [0, 0.1) is 0 Å². The van der Waals surface area contributed by atoms with Gasteiger partial charge in [-0.3, -0.25) is 18.9 Å². The SMILES string of the molecule is O=c1c(Cl)c(N2CCN(Cc3cc(=O)n4ccccc4n3)CC2)cnn1-c1ccccc1. The summed E-state index contributed by atoms with van der Waals surface area (Å²) in [5, 5.41) is 4.50. The van der Waals surface area contributed by atoms with Gasteiger partial charge in [-0.15, -0.1) is 0 Å². The molecule has 1 aromatic carbocycles. The van der Waals surface area contributed by atoms with Crippen molar-refractivity contribution in [3.63, 3.8) is 0 Å². The molecule has 5 rings (SSSR count). The minimum Gasteiger partial charge on any atom is -0.366 e. The van der Waals surface area contributed by atoms with Gasteiger partial charge in [0.05, 0.1) is 23.3 Å². The fourth-order valence-electron chi connectivity index (χ4n) is 3.96. The zero-order valence-corrected chi connectivity index (χ0v) is 18.0. The lowest BCUT2D eigenvalue weighted by Crippen LogP contribution is -2.46. The molecule has 32 heavy (non-hydrogen) atoms. The number of hydrogen-bond acceptors (Lipinski definition) is 6. The monoisotopic (exact) mass is 448 g/mol. The third-order valence-electron chi connectivity index (χ3n) is 5.62.